The second-order valence-electron chi connectivity index (χ2n) is 7.89. The van der Waals surface area contributed by atoms with Gasteiger partial charge in [-0.3, -0.25) is 4.79 Å². The second kappa shape index (κ2) is 8.66. The van der Waals surface area contributed by atoms with Gasteiger partial charge in [0.25, 0.3) is 5.91 Å². The molecule has 2 aromatic heterocycles. The first-order chi connectivity index (χ1) is 13.8. The summed E-state index contributed by atoms with van der Waals surface area (Å²) < 4.78 is 10.9. The van der Waals surface area contributed by atoms with Gasteiger partial charge in [0, 0.05) is 30.1 Å². The SMILES string of the molecule is CCOCC(C)(C)NC(=O)c1c(C)cc(CCc2c[nH]c3ccccc23)oc1=O. The summed E-state index contributed by atoms with van der Waals surface area (Å²) in [7, 11) is 0. The lowest BCUT2D eigenvalue weighted by Crippen LogP contribution is -2.48. The fourth-order valence-electron chi connectivity index (χ4n) is 3.43. The largest absolute Gasteiger partial charge is 0.427 e. The number of hydrogen-bond donors (Lipinski definition) is 2. The van der Waals surface area contributed by atoms with Gasteiger partial charge in [0.1, 0.15) is 11.3 Å². The summed E-state index contributed by atoms with van der Waals surface area (Å²) in [5.41, 5.74) is 1.72. The number of amides is 1. The zero-order valence-corrected chi connectivity index (χ0v) is 17.4. The number of ether oxygens (including phenoxy) is 1. The number of benzene rings is 1. The number of fused-ring (bicyclic) bond motifs is 1. The van der Waals surface area contributed by atoms with Crippen LogP contribution in [-0.4, -0.2) is 29.6 Å². The molecule has 0 fully saturated rings. The first kappa shape index (κ1) is 20.9. The van der Waals surface area contributed by atoms with Crippen LogP contribution < -0.4 is 10.9 Å². The van der Waals surface area contributed by atoms with Gasteiger partial charge < -0.3 is 19.5 Å². The lowest BCUT2D eigenvalue weighted by molar-refractivity contribution is 0.0722. The van der Waals surface area contributed by atoms with Gasteiger partial charge >= 0.3 is 5.63 Å². The third-order valence-electron chi connectivity index (χ3n) is 4.86. The standard InChI is InChI=1S/C23H28N2O4/c1-5-28-14-23(3,4)25-21(26)20-15(2)12-17(29-22(20)27)11-10-16-13-24-19-9-7-6-8-18(16)19/h6-9,12-13,24H,5,10-11,14H2,1-4H3,(H,25,26). The minimum Gasteiger partial charge on any atom is -0.427 e. The van der Waals surface area contributed by atoms with Gasteiger partial charge in [-0.25, -0.2) is 4.79 Å². The van der Waals surface area contributed by atoms with Gasteiger partial charge in [-0.05, 0) is 57.4 Å². The van der Waals surface area contributed by atoms with Crippen LogP contribution in [0.3, 0.4) is 0 Å². The average molecular weight is 396 g/mol. The maximum absolute atomic E-state index is 12.6. The molecule has 2 heterocycles. The Morgan fingerprint density at radius 1 is 1.24 bits per heavy atom. The number of aromatic amines is 1. The highest BCUT2D eigenvalue weighted by molar-refractivity contribution is 5.95. The van der Waals surface area contributed by atoms with Crippen molar-refractivity contribution in [2.45, 2.75) is 46.1 Å². The Bertz CT molecular complexity index is 1060. The summed E-state index contributed by atoms with van der Waals surface area (Å²) in [5, 5.41) is 4.02. The van der Waals surface area contributed by atoms with E-state index < -0.39 is 17.1 Å². The Morgan fingerprint density at radius 2 is 2.00 bits per heavy atom. The van der Waals surface area contributed by atoms with E-state index in [1.807, 2.05) is 45.2 Å². The molecule has 3 rings (SSSR count). The molecule has 29 heavy (non-hydrogen) atoms. The number of H-pyrrole nitrogens is 1. The summed E-state index contributed by atoms with van der Waals surface area (Å²) in [6.07, 6.45) is 3.30. The zero-order chi connectivity index (χ0) is 21.0. The molecular formula is C23H28N2O4. The van der Waals surface area contributed by atoms with Crippen LogP contribution in [0.5, 0.6) is 0 Å². The molecule has 0 aliphatic rings. The molecule has 1 amide bonds. The monoisotopic (exact) mass is 396 g/mol. The van der Waals surface area contributed by atoms with Crippen molar-refractivity contribution in [1.82, 2.24) is 10.3 Å². The van der Waals surface area contributed by atoms with E-state index in [0.29, 0.717) is 31.0 Å². The number of carbonyl (C=O) groups is 1. The highest BCUT2D eigenvalue weighted by Crippen LogP contribution is 2.20. The molecule has 0 radical (unpaired) electrons. The first-order valence-electron chi connectivity index (χ1n) is 9.89. The van der Waals surface area contributed by atoms with Crippen LogP contribution in [0.25, 0.3) is 10.9 Å². The van der Waals surface area contributed by atoms with Crippen molar-refractivity contribution in [3.63, 3.8) is 0 Å². The van der Waals surface area contributed by atoms with Crippen molar-refractivity contribution in [3.8, 4) is 0 Å². The molecule has 0 saturated carbocycles. The van der Waals surface area contributed by atoms with Crippen molar-refractivity contribution >= 4 is 16.8 Å². The third kappa shape index (κ3) is 4.95. The quantitative estimate of drug-likeness (QED) is 0.607. The molecular weight excluding hydrogens is 368 g/mol. The molecule has 154 valence electrons. The van der Waals surface area contributed by atoms with E-state index in [2.05, 4.69) is 16.4 Å². The van der Waals surface area contributed by atoms with Crippen LogP contribution in [0, 0.1) is 6.92 Å². The Kier molecular flexibility index (Phi) is 6.23. The molecule has 0 aliphatic heterocycles. The van der Waals surface area contributed by atoms with E-state index in [4.69, 9.17) is 9.15 Å². The van der Waals surface area contributed by atoms with Crippen molar-refractivity contribution in [1.29, 1.82) is 0 Å². The van der Waals surface area contributed by atoms with E-state index in [0.717, 1.165) is 11.9 Å². The highest BCUT2D eigenvalue weighted by atomic mass is 16.5. The predicted molar refractivity (Wildman–Crippen MR) is 113 cm³/mol. The lowest BCUT2D eigenvalue weighted by Gasteiger charge is -2.25. The molecule has 0 saturated heterocycles. The zero-order valence-electron chi connectivity index (χ0n) is 17.4. The van der Waals surface area contributed by atoms with Crippen molar-refractivity contribution in [2.75, 3.05) is 13.2 Å². The van der Waals surface area contributed by atoms with Gasteiger partial charge in [0.15, 0.2) is 0 Å². The fourth-order valence-corrected chi connectivity index (χ4v) is 3.43. The van der Waals surface area contributed by atoms with Crippen LogP contribution >= 0.6 is 0 Å². The molecule has 6 heteroatoms. The molecule has 0 spiro atoms. The highest BCUT2D eigenvalue weighted by Gasteiger charge is 2.25. The minimum atomic E-state index is -0.608. The number of hydrogen-bond acceptors (Lipinski definition) is 4. The van der Waals surface area contributed by atoms with Crippen LogP contribution in [-0.2, 0) is 17.6 Å². The van der Waals surface area contributed by atoms with Crippen molar-refractivity contribution in [2.24, 2.45) is 0 Å². The molecule has 1 aromatic carbocycles. The molecule has 6 nitrogen and oxygen atoms in total. The Hall–Kier alpha value is -2.86. The summed E-state index contributed by atoms with van der Waals surface area (Å²) in [5.74, 6) is 0.132. The number of rotatable bonds is 8. The predicted octanol–water partition coefficient (Wildman–Crippen LogP) is 3.76. The minimum absolute atomic E-state index is 0.0467. The van der Waals surface area contributed by atoms with Crippen LogP contribution in [0.2, 0.25) is 0 Å². The third-order valence-corrected chi connectivity index (χ3v) is 4.86. The number of para-hydroxylation sites is 1. The number of aromatic nitrogens is 1. The molecule has 2 N–H and O–H groups in total. The van der Waals surface area contributed by atoms with E-state index in [-0.39, 0.29) is 5.56 Å². The first-order valence-corrected chi connectivity index (χ1v) is 9.89. The van der Waals surface area contributed by atoms with Gasteiger partial charge in [-0.2, -0.15) is 0 Å². The number of aryl methyl sites for hydroxylation is 3. The van der Waals surface area contributed by atoms with E-state index in [1.165, 1.54) is 10.9 Å². The lowest BCUT2D eigenvalue weighted by atomic mass is 10.0. The van der Waals surface area contributed by atoms with Crippen LogP contribution in [0.1, 0.15) is 48.0 Å². The Balaban J connectivity index is 1.73. The van der Waals surface area contributed by atoms with E-state index in [9.17, 15) is 9.59 Å². The van der Waals surface area contributed by atoms with Gasteiger partial charge in [-0.15, -0.1) is 0 Å². The molecule has 3 aromatic rings. The molecule has 0 atom stereocenters. The molecule has 0 unspecified atom stereocenters. The molecule has 0 aliphatic carbocycles. The van der Waals surface area contributed by atoms with E-state index in [1.54, 1.807) is 13.0 Å². The van der Waals surface area contributed by atoms with Crippen molar-refractivity contribution < 1.29 is 13.9 Å². The molecule has 0 bridgehead atoms. The van der Waals surface area contributed by atoms with Gasteiger partial charge in [0.05, 0.1) is 12.1 Å². The maximum Gasteiger partial charge on any atom is 0.349 e. The number of carbonyl (C=O) groups excluding carboxylic acids is 1. The smallest absolute Gasteiger partial charge is 0.349 e. The second-order valence-corrected chi connectivity index (χ2v) is 7.89. The number of nitrogens with one attached hydrogen (secondary N) is 2. The van der Waals surface area contributed by atoms with E-state index >= 15 is 0 Å². The summed E-state index contributed by atoms with van der Waals surface area (Å²) in [6.45, 7) is 8.29. The summed E-state index contributed by atoms with van der Waals surface area (Å²) in [6, 6.07) is 9.87. The maximum atomic E-state index is 12.6. The Morgan fingerprint density at radius 3 is 2.72 bits per heavy atom. The normalized spacial score (nSPS) is 11.7. The fraction of sp³-hybridized carbons (Fsp3) is 0.391. The van der Waals surface area contributed by atoms with Gasteiger partial charge in [0.2, 0.25) is 0 Å². The summed E-state index contributed by atoms with van der Waals surface area (Å²) in [4.78, 5) is 28.4. The van der Waals surface area contributed by atoms with Crippen LogP contribution in [0.15, 0.2) is 45.7 Å². The topological polar surface area (TPSA) is 84.3 Å². The van der Waals surface area contributed by atoms with Gasteiger partial charge in [-0.1, -0.05) is 18.2 Å². The van der Waals surface area contributed by atoms with Crippen molar-refractivity contribution in [3.05, 3.63) is 69.4 Å². The van der Waals surface area contributed by atoms with Crippen LogP contribution in [0.4, 0.5) is 0 Å². The Labute approximate surface area is 170 Å². The summed E-state index contributed by atoms with van der Waals surface area (Å²) >= 11 is 0. The average Bonchev–Trinajstić information content (AvgIpc) is 3.07.